The van der Waals surface area contributed by atoms with Gasteiger partial charge >= 0.3 is 0 Å². The molecular formula is C29H27NO. The highest BCUT2D eigenvalue weighted by Crippen LogP contribution is 2.40. The van der Waals surface area contributed by atoms with Crippen molar-refractivity contribution in [2.75, 3.05) is 19.0 Å². The molecule has 3 aromatic rings. The van der Waals surface area contributed by atoms with Gasteiger partial charge in [0.15, 0.2) is 0 Å². The first-order valence-electron chi connectivity index (χ1n) is 10.6. The summed E-state index contributed by atoms with van der Waals surface area (Å²) in [6.07, 6.45) is 11.7. The van der Waals surface area contributed by atoms with Crippen molar-refractivity contribution in [2.24, 2.45) is 5.92 Å². The topological polar surface area (TPSA) is 20.3 Å². The molecule has 0 amide bonds. The molecule has 3 aromatic carbocycles. The second-order valence-corrected chi connectivity index (χ2v) is 8.11. The molecule has 0 aromatic heterocycles. The molecule has 1 aliphatic carbocycles. The van der Waals surface area contributed by atoms with Crippen LogP contribution in [-0.2, 0) is 10.2 Å². The summed E-state index contributed by atoms with van der Waals surface area (Å²) in [5, 5.41) is 0. The zero-order chi connectivity index (χ0) is 21.7. The zero-order valence-electron chi connectivity index (χ0n) is 18.0. The fourth-order valence-electron chi connectivity index (χ4n) is 4.06. The Balaban J connectivity index is 1.75. The van der Waals surface area contributed by atoms with Crippen molar-refractivity contribution in [3.05, 3.63) is 126 Å². The lowest BCUT2D eigenvalue weighted by atomic mass is 9.67. The average Bonchev–Trinajstić information content (AvgIpc) is 2.84. The van der Waals surface area contributed by atoms with Crippen LogP contribution in [0.15, 0.2) is 109 Å². The van der Waals surface area contributed by atoms with Crippen LogP contribution in [0.5, 0.6) is 0 Å². The normalized spacial score (nSPS) is 20.5. The van der Waals surface area contributed by atoms with Crippen LogP contribution >= 0.6 is 0 Å². The van der Waals surface area contributed by atoms with E-state index in [2.05, 4.69) is 71.7 Å². The van der Waals surface area contributed by atoms with Gasteiger partial charge in [0.2, 0.25) is 0 Å². The van der Waals surface area contributed by atoms with Gasteiger partial charge in [0.05, 0.1) is 5.41 Å². The lowest BCUT2D eigenvalue weighted by Gasteiger charge is -2.34. The second-order valence-electron chi connectivity index (χ2n) is 8.11. The number of carbonyl (C=O) groups is 1. The summed E-state index contributed by atoms with van der Waals surface area (Å²) in [6, 6.07) is 28.8. The van der Waals surface area contributed by atoms with Crippen LogP contribution in [-0.4, -0.2) is 20.4 Å². The minimum absolute atomic E-state index is 0.0962. The molecule has 0 aliphatic heterocycles. The van der Waals surface area contributed by atoms with E-state index in [1.165, 1.54) is 0 Å². The van der Waals surface area contributed by atoms with E-state index in [0.717, 1.165) is 34.2 Å². The molecule has 2 nitrogen and oxygen atoms in total. The molecule has 0 heterocycles. The Hall–Kier alpha value is -3.65. The van der Waals surface area contributed by atoms with Gasteiger partial charge in [-0.1, -0.05) is 103 Å². The highest BCUT2D eigenvalue weighted by Gasteiger charge is 2.37. The lowest BCUT2D eigenvalue weighted by Crippen LogP contribution is -2.34. The Morgan fingerprint density at radius 2 is 1.48 bits per heavy atom. The van der Waals surface area contributed by atoms with Crippen LogP contribution in [0.2, 0.25) is 0 Å². The lowest BCUT2D eigenvalue weighted by molar-refractivity contribution is -0.111. The molecule has 4 rings (SSSR count). The number of allylic oxidation sites excluding steroid dienone is 5. The molecule has 0 fully saturated rings. The van der Waals surface area contributed by atoms with E-state index in [-0.39, 0.29) is 5.92 Å². The van der Waals surface area contributed by atoms with Gasteiger partial charge in [-0.05, 0) is 34.4 Å². The maximum atomic E-state index is 12.5. The average molecular weight is 406 g/mol. The molecule has 0 N–H and O–H groups in total. The summed E-state index contributed by atoms with van der Waals surface area (Å²) in [6.45, 7) is 0. The number of rotatable bonds is 6. The number of hydrogen-bond acceptors (Lipinski definition) is 2. The van der Waals surface area contributed by atoms with Crippen LogP contribution < -0.4 is 4.90 Å². The van der Waals surface area contributed by atoms with Gasteiger partial charge in [-0.3, -0.25) is 0 Å². The molecule has 2 atom stereocenters. The van der Waals surface area contributed by atoms with Gasteiger partial charge in [0.25, 0.3) is 0 Å². The third-order valence-corrected chi connectivity index (χ3v) is 5.93. The Kier molecular flexibility index (Phi) is 5.99. The first kappa shape index (κ1) is 20.6. The first-order valence-corrected chi connectivity index (χ1v) is 10.6. The summed E-state index contributed by atoms with van der Waals surface area (Å²) in [5.74, 6) is -0.0962. The van der Waals surface area contributed by atoms with Crippen molar-refractivity contribution in [3.8, 4) is 0 Å². The van der Waals surface area contributed by atoms with Gasteiger partial charge in [0.1, 0.15) is 6.29 Å². The number of anilines is 1. The summed E-state index contributed by atoms with van der Waals surface area (Å²) in [5.41, 5.74) is 4.84. The highest BCUT2D eigenvalue weighted by molar-refractivity contribution is 5.83. The number of hydrogen-bond donors (Lipinski definition) is 0. The van der Waals surface area contributed by atoms with Crippen molar-refractivity contribution in [1.82, 2.24) is 0 Å². The minimum atomic E-state index is -0.723. The van der Waals surface area contributed by atoms with Crippen LogP contribution in [0.4, 0.5) is 5.69 Å². The fraction of sp³-hybridized carbons (Fsp3) is 0.138. The predicted octanol–water partition coefficient (Wildman–Crippen LogP) is 6.17. The molecular weight excluding hydrogens is 378 g/mol. The van der Waals surface area contributed by atoms with Crippen LogP contribution in [0.1, 0.15) is 16.7 Å². The zero-order valence-corrected chi connectivity index (χ0v) is 18.0. The van der Waals surface area contributed by atoms with Crippen molar-refractivity contribution >= 4 is 23.6 Å². The molecule has 0 bridgehead atoms. The number of nitrogens with zero attached hydrogens (tertiary/aromatic N) is 1. The van der Waals surface area contributed by atoms with E-state index < -0.39 is 5.41 Å². The van der Waals surface area contributed by atoms with Crippen molar-refractivity contribution in [1.29, 1.82) is 0 Å². The predicted molar refractivity (Wildman–Crippen MR) is 131 cm³/mol. The van der Waals surface area contributed by atoms with Gasteiger partial charge in [-0.25, -0.2) is 0 Å². The summed E-state index contributed by atoms with van der Waals surface area (Å²) in [7, 11) is 4.07. The number of carbonyl (C=O) groups excluding carboxylic acids is 1. The van der Waals surface area contributed by atoms with Gasteiger partial charge < -0.3 is 9.69 Å². The van der Waals surface area contributed by atoms with Gasteiger partial charge in [0, 0.05) is 25.7 Å². The first-order chi connectivity index (χ1) is 15.1. The van der Waals surface area contributed by atoms with E-state index in [1.54, 1.807) is 0 Å². The highest BCUT2D eigenvalue weighted by atomic mass is 16.1. The quantitative estimate of drug-likeness (QED) is 0.457. The van der Waals surface area contributed by atoms with E-state index in [0.29, 0.717) is 0 Å². The molecule has 31 heavy (non-hydrogen) atoms. The molecule has 0 saturated carbocycles. The standard InChI is InChI=1S/C29H27NO/c1-30(2)28-17-14-23(15-18-28)13-16-27-21-25(24-9-5-3-6-10-24)19-20-29(27,22-31)26-11-7-4-8-12-26/h3-22,27H,1-2H3. The van der Waals surface area contributed by atoms with Crippen molar-refractivity contribution < 1.29 is 4.79 Å². The number of aldehydes is 1. The van der Waals surface area contributed by atoms with E-state index in [1.807, 2.05) is 62.6 Å². The van der Waals surface area contributed by atoms with Crippen molar-refractivity contribution in [3.63, 3.8) is 0 Å². The van der Waals surface area contributed by atoms with E-state index in [4.69, 9.17) is 0 Å². The fourth-order valence-corrected chi connectivity index (χ4v) is 4.06. The van der Waals surface area contributed by atoms with Crippen LogP contribution in [0.3, 0.4) is 0 Å². The second kappa shape index (κ2) is 9.01. The van der Waals surface area contributed by atoms with E-state index >= 15 is 0 Å². The Bertz CT molecular complexity index is 1110. The molecule has 154 valence electrons. The Morgan fingerprint density at radius 1 is 0.839 bits per heavy atom. The Labute approximate surface area is 184 Å². The maximum absolute atomic E-state index is 12.5. The summed E-state index contributed by atoms with van der Waals surface area (Å²) < 4.78 is 0. The maximum Gasteiger partial charge on any atom is 0.135 e. The third-order valence-electron chi connectivity index (χ3n) is 5.93. The van der Waals surface area contributed by atoms with Crippen LogP contribution in [0, 0.1) is 5.92 Å². The Morgan fingerprint density at radius 3 is 2.10 bits per heavy atom. The summed E-state index contributed by atoms with van der Waals surface area (Å²) >= 11 is 0. The largest absolute Gasteiger partial charge is 0.378 e. The van der Waals surface area contributed by atoms with Crippen LogP contribution in [0.25, 0.3) is 11.6 Å². The van der Waals surface area contributed by atoms with E-state index in [9.17, 15) is 4.79 Å². The third kappa shape index (κ3) is 4.29. The molecule has 1 aliphatic rings. The monoisotopic (exact) mass is 405 g/mol. The smallest absolute Gasteiger partial charge is 0.135 e. The minimum Gasteiger partial charge on any atom is -0.378 e. The molecule has 2 unspecified atom stereocenters. The van der Waals surface area contributed by atoms with Crippen molar-refractivity contribution in [2.45, 2.75) is 5.41 Å². The van der Waals surface area contributed by atoms with Gasteiger partial charge in [-0.2, -0.15) is 0 Å². The molecule has 0 spiro atoms. The molecule has 0 saturated heterocycles. The molecule has 0 radical (unpaired) electrons. The number of benzene rings is 3. The molecule has 2 heteroatoms. The summed E-state index contributed by atoms with van der Waals surface area (Å²) in [4.78, 5) is 14.6. The van der Waals surface area contributed by atoms with Gasteiger partial charge in [-0.15, -0.1) is 0 Å². The SMILES string of the molecule is CN(C)c1ccc(C=CC2C=C(c3ccccc3)C=CC2(C=O)c2ccccc2)cc1.